The Hall–Kier alpha value is -1.75. The van der Waals surface area contributed by atoms with Crippen LogP contribution in [-0.2, 0) is 0 Å². The molecule has 0 bridgehead atoms. The van der Waals surface area contributed by atoms with Crippen molar-refractivity contribution in [2.24, 2.45) is 0 Å². The molecule has 2 rings (SSSR count). The van der Waals surface area contributed by atoms with Crippen LogP contribution in [0.25, 0.3) is 5.65 Å². The number of halogens is 1. The SMILES string of the molecule is Nc1cn2cc(C(=O)O)nc2cc1Cl. The molecule has 0 fully saturated rings. The Morgan fingerprint density at radius 2 is 2.29 bits per heavy atom. The average Bonchev–Trinajstić information content (AvgIpc) is 2.48. The minimum atomic E-state index is -1.08. The van der Waals surface area contributed by atoms with E-state index in [-0.39, 0.29) is 5.69 Å². The number of aromatic carboxylic acids is 1. The fraction of sp³-hybridized carbons (Fsp3) is 0. The Bertz CT molecular complexity index is 482. The van der Waals surface area contributed by atoms with Crippen molar-refractivity contribution in [1.29, 1.82) is 0 Å². The van der Waals surface area contributed by atoms with Crippen molar-refractivity contribution in [2.75, 3.05) is 5.73 Å². The van der Waals surface area contributed by atoms with Crippen molar-refractivity contribution in [3.63, 3.8) is 0 Å². The second-order valence-electron chi connectivity index (χ2n) is 2.77. The van der Waals surface area contributed by atoms with Gasteiger partial charge in [-0.25, -0.2) is 9.78 Å². The molecule has 0 spiro atoms. The summed E-state index contributed by atoms with van der Waals surface area (Å²) in [5, 5.41) is 9.05. The first kappa shape index (κ1) is 8.83. The average molecular weight is 212 g/mol. The molecule has 2 aromatic rings. The molecule has 0 unspecified atom stereocenters. The smallest absolute Gasteiger partial charge is 0.356 e. The van der Waals surface area contributed by atoms with Gasteiger partial charge in [-0.3, -0.25) is 0 Å². The van der Waals surface area contributed by atoms with Gasteiger partial charge in [0.2, 0.25) is 0 Å². The number of imidazole rings is 1. The molecule has 6 heteroatoms. The van der Waals surface area contributed by atoms with Crippen LogP contribution in [0, 0.1) is 0 Å². The number of fused-ring (bicyclic) bond motifs is 1. The van der Waals surface area contributed by atoms with Gasteiger partial charge in [0.15, 0.2) is 5.69 Å². The minimum absolute atomic E-state index is 0.0355. The lowest BCUT2D eigenvalue weighted by Gasteiger charge is -1.97. The van der Waals surface area contributed by atoms with Crippen molar-refractivity contribution in [3.05, 3.63) is 29.2 Å². The Labute approximate surface area is 83.7 Å². The number of hydrogen-bond donors (Lipinski definition) is 2. The summed E-state index contributed by atoms with van der Waals surface area (Å²) in [7, 11) is 0. The molecule has 0 aliphatic heterocycles. The Balaban J connectivity index is 2.72. The first-order valence-corrected chi connectivity index (χ1v) is 4.13. The maximum Gasteiger partial charge on any atom is 0.356 e. The number of carboxylic acids is 1. The van der Waals surface area contributed by atoms with Crippen LogP contribution in [0.3, 0.4) is 0 Å². The monoisotopic (exact) mass is 211 g/mol. The number of nitrogen functional groups attached to an aromatic ring is 1. The van der Waals surface area contributed by atoms with E-state index >= 15 is 0 Å². The van der Waals surface area contributed by atoms with Crippen LogP contribution in [0.2, 0.25) is 5.02 Å². The number of carbonyl (C=O) groups is 1. The summed E-state index contributed by atoms with van der Waals surface area (Å²) in [5.41, 5.74) is 6.35. The van der Waals surface area contributed by atoms with E-state index in [1.807, 2.05) is 0 Å². The molecule has 0 atom stereocenters. The Kier molecular flexibility index (Phi) is 1.82. The highest BCUT2D eigenvalue weighted by atomic mass is 35.5. The zero-order valence-electron chi connectivity index (χ0n) is 6.94. The summed E-state index contributed by atoms with van der Waals surface area (Å²) in [5.74, 6) is -1.08. The molecule has 14 heavy (non-hydrogen) atoms. The predicted molar refractivity (Wildman–Crippen MR) is 51.6 cm³/mol. The van der Waals surface area contributed by atoms with E-state index in [1.54, 1.807) is 0 Å². The molecule has 0 aliphatic rings. The molecule has 5 nitrogen and oxygen atoms in total. The molecule has 0 saturated heterocycles. The summed E-state index contributed by atoms with van der Waals surface area (Å²) < 4.78 is 1.52. The number of aromatic nitrogens is 2. The van der Waals surface area contributed by atoms with E-state index in [0.29, 0.717) is 16.4 Å². The third-order valence-electron chi connectivity index (χ3n) is 1.79. The zero-order chi connectivity index (χ0) is 10.3. The van der Waals surface area contributed by atoms with Crippen LogP contribution in [0.1, 0.15) is 10.5 Å². The summed E-state index contributed by atoms with van der Waals surface area (Å²) in [6.45, 7) is 0. The molecule has 2 aromatic heterocycles. The predicted octanol–water partition coefficient (Wildman–Crippen LogP) is 1.27. The zero-order valence-corrected chi connectivity index (χ0v) is 7.69. The topological polar surface area (TPSA) is 80.6 Å². The maximum atomic E-state index is 10.6. The van der Waals surface area contributed by atoms with Gasteiger partial charge >= 0.3 is 5.97 Å². The highest BCUT2D eigenvalue weighted by molar-refractivity contribution is 6.33. The molecular formula is C8H6ClN3O2. The number of anilines is 1. The number of hydrogen-bond acceptors (Lipinski definition) is 3. The normalized spacial score (nSPS) is 10.6. The van der Waals surface area contributed by atoms with Gasteiger partial charge in [-0.1, -0.05) is 11.6 Å². The quantitative estimate of drug-likeness (QED) is 0.744. The number of pyridine rings is 1. The van der Waals surface area contributed by atoms with Gasteiger partial charge in [0.25, 0.3) is 0 Å². The summed E-state index contributed by atoms with van der Waals surface area (Å²) in [4.78, 5) is 14.4. The standard InChI is InChI=1S/C8H6ClN3O2/c9-4-1-7-11-6(8(13)14)3-12(7)2-5(4)10/h1-3H,10H2,(H,13,14). The van der Waals surface area contributed by atoms with E-state index in [0.717, 1.165) is 0 Å². The molecule has 0 amide bonds. The minimum Gasteiger partial charge on any atom is -0.476 e. The van der Waals surface area contributed by atoms with Crippen LogP contribution in [0.5, 0.6) is 0 Å². The summed E-state index contributed by atoms with van der Waals surface area (Å²) in [6.07, 6.45) is 2.90. The van der Waals surface area contributed by atoms with Gasteiger partial charge in [0.05, 0.1) is 10.7 Å². The van der Waals surface area contributed by atoms with Crippen molar-refractivity contribution in [2.45, 2.75) is 0 Å². The molecular weight excluding hydrogens is 206 g/mol. The number of nitrogens with two attached hydrogens (primary N) is 1. The van der Waals surface area contributed by atoms with Crippen molar-refractivity contribution >= 4 is 28.9 Å². The molecule has 3 N–H and O–H groups in total. The van der Waals surface area contributed by atoms with E-state index in [9.17, 15) is 4.79 Å². The molecule has 0 radical (unpaired) electrons. The molecule has 0 aliphatic carbocycles. The van der Waals surface area contributed by atoms with E-state index in [1.165, 1.54) is 22.9 Å². The first-order chi connectivity index (χ1) is 6.58. The van der Waals surface area contributed by atoms with Crippen LogP contribution >= 0.6 is 11.6 Å². The van der Waals surface area contributed by atoms with Crippen molar-refractivity contribution < 1.29 is 9.90 Å². The van der Waals surface area contributed by atoms with Gasteiger partial charge in [0, 0.05) is 18.5 Å². The number of nitrogens with zero attached hydrogens (tertiary/aromatic N) is 2. The van der Waals surface area contributed by atoms with E-state index < -0.39 is 5.97 Å². The Morgan fingerprint density at radius 1 is 1.57 bits per heavy atom. The third kappa shape index (κ3) is 1.27. The van der Waals surface area contributed by atoms with Crippen molar-refractivity contribution in [1.82, 2.24) is 9.38 Å². The van der Waals surface area contributed by atoms with Gasteiger partial charge in [-0.2, -0.15) is 0 Å². The second-order valence-corrected chi connectivity index (χ2v) is 3.18. The fourth-order valence-corrected chi connectivity index (χ4v) is 1.28. The largest absolute Gasteiger partial charge is 0.476 e. The number of carboxylic acid groups (broad SMARTS) is 1. The van der Waals surface area contributed by atoms with Gasteiger partial charge in [-0.15, -0.1) is 0 Å². The van der Waals surface area contributed by atoms with Crippen molar-refractivity contribution in [3.8, 4) is 0 Å². The fourth-order valence-electron chi connectivity index (χ4n) is 1.13. The molecule has 72 valence electrons. The summed E-state index contributed by atoms with van der Waals surface area (Å²) >= 11 is 5.75. The van der Waals surface area contributed by atoms with E-state index in [4.69, 9.17) is 22.4 Å². The molecule has 0 saturated carbocycles. The number of rotatable bonds is 1. The Morgan fingerprint density at radius 3 is 2.93 bits per heavy atom. The maximum absolute atomic E-state index is 10.6. The second kappa shape index (κ2) is 2.88. The van der Waals surface area contributed by atoms with E-state index in [2.05, 4.69) is 4.98 Å². The molecule has 2 heterocycles. The third-order valence-corrected chi connectivity index (χ3v) is 2.12. The highest BCUT2D eigenvalue weighted by Gasteiger charge is 2.09. The van der Waals surface area contributed by atoms with Crippen LogP contribution in [0.15, 0.2) is 18.5 Å². The first-order valence-electron chi connectivity index (χ1n) is 3.75. The van der Waals surface area contributed by atoms with Crippen LogP contribution in [0.4, 0.5) is 5.69 Å². The van der Waals surface area contributed by atoms with Gasteiger partial charge < -0.3 is 15.2 Å². The van der Waals surface area contributed by atoms with Crippen LogP contribution in [-0.4, -0.2) is 20.5 Å². The van der Waals surface area contributed by atoms with Gasteiger partial charge in [0.1, 0.15) is 5.65 Å². The van der Waals surface area contributed by atoms with Gasteiger partial charge in [-0.05, 0) is 0 Å². The lowest BCUT2D eigenvalue weighted by molar-refractivity contribution is 0.0691. The highest BCUT2D eigenvalue weighted by Crippen LogP contribution is 2.20. The molecule has 0 aromatic carbocycles. The summed E-state index contributed by atoms with van der Waals surface area (Å²) in [6, 6.07) is 1.52. The lowest BCUT2D eigenvalue weighted by Crippen LogP contribution is -1.94. The lowest BCUT2D eigenvalue weighted by atomic mass is 10.4. The van der Waals surface area contributed by atoms with Crippen LogP contribution < -0.4 is 5.73 Å².